The van der Waals surface area contributed by atoms with Crippen molar-refractivity contribution in [3.63, 3.8) is 0 Å². The van der Waals surface area contributed by atoms with E-state index in [1.54, 1.807) is 0 Å². The van der Waals surface area contributed by atoms with Crippen molar-refractivity contribution in [1.82, 2.24) is 0 Å². The number of nitrogens with two attached hydrogens (primary N) is 2. The molecule has 1 aromatic rings. The third-order valence-corrected chi connectivity index (χ3v) is 1.02. The molecule has 68 valence electrons. The van der Waals surface area contributed by atoms with E-state index in [0.717, 1.165) is 0 Å². The normalized spacial score (nSPS) is 8.50. The van der Waals surface area contributed by atoms with Gasteiger partial charge < -0.3 is 21.7 Å². The summed E-state index contributed by atoms with van der Waals surface area (Å²) in [6.45, 7) is 1.19. The lowest BCUT2D eigenvalue weighted by molar-refractivity contribution is 0.460. The Kier molecular flexibility index (Phi) is 5.77. The van der Waals surface area contributed by atoms with Crippen LogP contribution >= 0.6 is 0 Å². The molecule has 6 N–H and O–H groups in total. The van der Waals surface area contributed by atoms with Gasteiger partial charge in [-0.05, 0) is 24.3 Å². The van der Waals surface area contributed by atoms with E-state index in [-0.39, 0.29) is 11.5 Å². The van der Waals surface area contributed by atoms with Crippen molar-refractivity contribution in [1.29, 1.82) is 0 Å². The smallest absolute Gasteiger partial charge is 0.115 e. The number of hydrogen-bond acceptors (Lipinski definition) is 4. The van der Waals surface area contributed by atoms with E-state index in [2.05, 4.69) is 0 Å². The quantitative estimate of drug-likeness (QED) is 0.446. The zero-order chi connectivity index (χ0) is 9.40. The summed E-state index contributed by atoms with van der Waals surface area (Å²) in [4.78, 5) is 0. The minimum absolute atomic E-state index is 0.169. The molecule has 0 aliphatic rings. The van der Waals surface area contributed by atoms with Crippen molar-refractivity contribution in [2.24, 2.45) is 11.5 Å². The van der Waals surface area contributed by atoms with Crippen molar-refractivity contribution in [3.05, 3.63) is 24.3 Å². The maximum absolute atomic E-state index is 8.65. The number of hydrogen-bond donors (Lipinski definition) is 4. The first-order valence-electron chi connectivity index (χ1n) is 3.59. The lowest BCUT2D eigenvalue weighted by Crippen LogP contribution is -2.11. The molecule has 4 heteroatoms. The van der Waals surface area contributed by atoms with Gasteiger partial charge in [0, 0.05) is 13.1 Å². The van der Waals surface area contributed by atoms with Gasteiger partial charge in [0.1, 0.15) is 11.5 Å². The molecule has 0 amide bonds. The highest BCUT2D eigenvalue weighted by Crippen LogP contribution is 2.13. The summed E-state index contributed by atoms with van der Waals surface area (Å²) >= 11 is 0. The highest BCUT2D eigenvalue weighted by atomic mass is 16.3. The van der Waals surface area contributed by atoms with Crippen LogP contribution in [-0.4, -0.2) is 23.3 Å². The number of phenols is 2. The standard InChI is InChI=1S/C6H6O2.C2H8N2/c7-5-1-2-6(8)4-3-5;3-1-2-4/h1-4,7-8H;1-4H2. The van der Waals surface area contributed by atoms with Gasteiger partial charge in [-0.2, -0.15) is 0 Å². The molecule has 0 radical (unpaired) electrons. The average Bonchev–Trinajstić information content (AvgIpc) is 2.11. The van der Waals surface area contributed by atoms with Crippen molar-refractivity contribution < 1.29 is 10.2 Å². The molecular weight excluding hydrogens is 156 g/mol. The molecule has 0 spiro atoms. The van der Waals surface area contributed by atoms with Crippen LogP contribution in [0.5, 0.6) is 11.5 Å². The van der Waals surface area contributed by atoms with E-state index in [9.17, 15) is 0 Å². The highest BCUT2D eigenvalue weighted by Gasteiger charge is 1.84. The van der Waals surface area contributed by atoms with Crippen LogP contribution in [0.4, 0.5) is 0 Å². The lowest BCUT2D eigenvalue weighted by atomic mass is 10.3. The maximum Gasteiger partial charge on any atom is 0.115 e. The molecule has 0 aliphatic carbocycles. The average molecular weight is 170 g/mol. The fraction of sp³-hybridized carbons (Fsp3) is 0.250. The number of rotatable bonds is 1. The summed E-state index contributed by atoms with van der Waals surface area (Å²) in [6.07, 6.45) is 0. The maximum atomic E-state index is 8.65. The third kappa shape index (κ3) is 5.52. The Morgan fingerprint density at radius 3 is 1.25 bits per heavy atom. The Labute approximate surface area is 71.4 Å². The number of phenolic OH excluding ortho intramolecular Hbond substituents is 2. The Morgan fingerprint density at radius 2 is 1.08 bits per heavy atom. The first-order chi connectivity index (χ1) is 5.70. The fourth-order valence-electron chi connectivity index (χ4n) is 0.453. The Balaban J connectivity index is 0.000000261. The monoisotopic (exact) mass is 170 g/mol. The Bertz CT molecular complexity index is 176. The van der Waals surface area contributed by atoms with Gasteiger partial charge in [0.25, 0.3) is 0 Å². The Morgan fingerprint density at radius 1 is 0.833 bits per heavy atom. The number of aromatic hydroxyl groups is 2. The summed E-state index contributed by atoms with van der Waals surface area (Å²) in [5, 5.41) is 17.3. The molecule has 0 aliphatic heterocycles. The zero-order valence-corrected chi connectivity index (χ0v) is 6.77. The van der Waals surface area contributed by atoms with Gasteiger partial charge in [0.05, 0.1) is 0 Å². The van der Waals surface area contributed by atoms with Crippen LogP contribution in [0.15, 0.2) is 24.3 Å². The molecule has 0 heterocycles. The predicted octanol–water partition coefficient (Wildman–Crippen LogP) is 0.00160. The SMILES string of the molecule is NCCN.Oc1ccc(O)cc1. The second-order valence-corrected chi connectivity index (χ2v) is 2.09. The number of benzene rings is 1. The summed E-state index contributed by atoms with van der Waals surface area (Å²) in [6, 6.07) is 5.70. The van der Waals surface area contributed by atoms with Gasteiger partial charge in [-0.3, -0.25) is 0 Å². The third-order valence-electron chi connectivity index (χ3n) is 1.02. The van der Waals surface area contributed by atoms with Crippen LogP contribution in [-0.2, 0) is 0 Å². The van der Waals surface area contributed by atoms with Crippen LogP contribution in [0.25, 0.3) is 0 Å². The molecule has 4 nitrogen and oxygen atoms in total. The first-order valence-corrected chi connectivity index (χ1v) is 3.59. The van der Waals surface area contributed by atoms with E-state index in [0.29, 0.717) is 13.1 Å². The predicted molar refractivity (Wildman–Crippen MR) is 47.9 cm³/mol. The van der Waals surface area contributed by atoms with E-state index >= 15 is 0 Å². The van der Waals surface area contributed by atoms with Crippen LogP contribution in [0.2, 0.25) is 0 Å². The second kappa shape index (κ2) is 6.45. The van der Waals surface area contributed by atoms with Gasteiger partial charge in [-0.15, -0.1) is 0 Å². The summed E-state index contributed by atoms with van der Waals surface area (Å²) < 4.78 is 0. The van der Waals surface area contributed by atoms with Gasteiger partial charge >= 0.3 is 0 Å². The van der Waals surface area contributed by atoms with Crippen LogP contribution < -0.4 is 11.5 Å². The summed E-state index contributed by atoms with van der Waals surface area (Å²) in [7, 11) is 0. The van der Waals surface area contributed by atoms with Crippen LogP contribution in [0.1, 0.15) is 0 Å². The Hall–Kier alpha value is -1.26. The molecule has 0 unspecified atom stereocenters. The van der Waals surface area contributed by atoms with E-state index in [1.165, 1.54) is 24.3 Å². The van der Waals surface area contributed by atoms with Gasteiger partial charge in [-0.1, -0.05) is 0 Å². The molecular formula is C8H14N2O2. The molecule has 0 aromatic heterocycles. The van der Waals surface area contributed by atoms with Crippen molar-refractivity contribution in [2.45, 2.75) is 0 Å². The molecule has 0 bridgehead atoms. The van der Waals surface area contributed by atoms with E-state index in [4.69, 9.17) is 21.7 Å². The largest absolute Gasteiger partial charge is 0.508 e. The summed E-state index contributed by atoms with van der Waals surface area (Å²) in [5.41, 5.74) is 9.81. The molecule has 0 atom stereocenters. The van der Waals surface area contributed by atoms with Crippen molar-refractivity contribution in [2.75, 3.05) is 13.1 Å². The van der Waals surface area contributed by atoms with Gasteiger partial charge in [0.2, 0.25) is 0 Å². The fourth-order valence-corrected chi connectivity index (χ4v) is 0.453. The summed E-state index contributed by atoms with van der Waals surface area (Å²) in [5.74, 6) is 0.339. The second-order valence-electron chi connectivity index (χ2n) is 2.09. The molecule has 0 fully saturated rings. The highest BCUT2D eigenvalue weighted by molar-refractivity contribution is 5.28. The van der Waals surface area contributed by atoms with E-state index in [1.807, 2.05) is 0 Å². The molecule has 1 aromatic carbocycles. The van der Waals surface area contributed by atoms with Crippen LogP contribution in [0, 0.1) is 0 Å². The van der Waals surface area contributed by atoms with Gasteiger partial charge in [0.15, 0.2) is 0 Å². The van der Waals surface area contributed by atoms with Crippen molar-refractivity contribution >= 4 is 0 Å². The minimum atomic E-state index is 0.169. The minimum Gasteiger partial charge on any atom is -0.508 e. The van der Waals surface area contributed by atoms with E-state index < -0.39 is 0 Å². The topological polar surface area (TPSA) is 92.5 Å². The molecule has 0 saturated carbocycles. The molecule has 1 rings (SSSR count). The van der Waals surface area contributed by atoms with Gasteiger partial charge in [-0.25, -0.2) is 0 Å². The lowest BCUT2D eigenvalue weighted by Gasteiger charge is -1.88. The molecule has 12 heavy (non-hydrogen) atoms. The van der Waals surface area contributed by atoms with Crippen molar-refractivity contribution in [3.8, 4) is 11.5 Å². The van der Waals surface area contributed by atoms with Crippen LogP contribution in [0.3, 0.4) is 0 Å². The molecule has 0 saturated heterocycles. The zero-order valence-electron chi connectivity index (χ0n) is 6.77. The first kappa shape index (κ1) is 10.7.